The largest absolute Gasteiger partial charge is 0.368 e. The van der Waals surface area contributed by atoms with E-state index in [0.29, 0.717) is 16.8 Å². The molecule has 1 aromatic carbocycles. The van der Waals surface area contributed by atoms with E-state index in [0.717, 1.165) is 16.8 Å². The van der Waals surface area contributed by atoms with Gasteiger partial charge in [0.05, 0.1) is 11.4 Å². The van der Waals surface area contributed by atoms with Gasteiger partial charge < -0.3 is 5.73 Å². The van der Waals surface area contributed by atoms with E-state index in [4.69, 9.17) is 5.73 Å². The molecule has 0 saturated heterocycles. The Bertz CT molecular complexity index is 832. The zero-order valence-electron chi connectivity index (χ0n) is 12.3. The number of anilines is 1. The van der Waals surface area contributed by atoms with Crippen molar-refractivity contribution in [3.63, 3.8) is 0 Å². The maximum absolute atomic E-state index is 13.9. The van der Waals surface area contributed by atoms with Gasteiger partial charge in [0.1, 0.15) is 5.82 Å². The summed E-state index contributed by atoms with van der Waals surface area (Å²) in [6, 6.07) is 8.79. The molecule has 4 nitrogen and oxygen atoms in total. The number of nitrogen functional groups attached to an aromatic ring is 1. The SMILES string of the molecule is Cc1ccc(-c2nc(N)nc(C)c2-c2cccnc2)cc1F. The quantitative estimate of drug-likeness (QED) is 0.785. The number of halogens is 1. The number of hydrogen-bond acceptors (Lipinski definition) is 4. The summed E-state index contributed by atoms with van der Waals surface area (Å²) in [6.45, 7) is 3.58. The van der Waals surface area contributed by atoms with Crippen LogP contribution in [0.2, 0.25) is 0 Å². The summed E-state index contributed by atoms with van der Waals surface area (Å²) < 4.78 is 13.9. The first-order chi connectivity index (χ1) is 10.6. The molecule has 5 heteroatoms. The number of nitrogens with two attached hydrogens (primary N) is 1. The summed E-state index contributed by atoms with van der Waals surface area (Å²) in [5.41, 5.74) is 10.1. The molecule has 22 heavy (non-hydrogen) atoms. The Hall–Kier alpha value is -2.82. The van der Waals surface area contributed by atoms with E-state index in [1.54, 1.807) is 25.4 Å². The molecule has 0 radical (unpaired) electrons. The molecule has 0 aliphatic carbocycles. The predicted molar refractivity (Wildman–Crippen MR) is 84.5 cm³/mol. The molecule has 2 aromatic heterocycles. The molecule has 0 fully saturated rings. The molecule has 2 N–H and O–H groups in total. The van der Waals surface area contributed by atoms with E-state index in [2.05, 4.69) is 15.0 Å². The highest BCUT2D eigenvalue weighted by Crippen LogP contribution is 2.33. The topological polar surface area (TPSA) is 64.7 Å². The fraction of sp³-hybridized carbons (Fsp3) is 0.118. The first kappa shape index (κ1) is 14.1. The van der Waals surface area contributed by atoms with E-state index in [-0.39, 0.29) is 11.8 Å². The van der Waals surface area contributed by atoms with Crippen molar-refractivity contribution in [2.45, 2.75) is 13.8 Å². The molecule has 0 spiro atoms. The smallest absolute Gasteiger partial charge is 0.220 e. The minimum absolute atomic E-state index is 0.168. The van der Waals surface area contributed by atoms with Gasteiger partial charge in [-0.1, -0.05) is 18.2 Å². The van der Waals surface area contributed by atoms with Gasteiger partial charge in [0, 0.05) is 29.1 Å². The van der Waals surface area contributed by atoms with Crippen LogP contribution in [0, 0.1) is 19.7 Å². The molecule has 0 saturated carbocycles. The highest BCUT2D eigenvalue weighted by atomic mass is 19.1. The van der Waals surface area contributed by atoms with Crippen molar-refractivity contribution in [3.05, 3.63) is 59.8 Å². The van der Waals surface area contributed by atoms with Gasteiger partial charge in [-0.15, -0.1) is 0 Å². The van der Waals surface area contributed by atoms with Crippen molar-refractivity contribution >= 4 is 5.95 Å². The summed E-state index contributed by atoms with van der Waals surface area (Å²) in [4.78, 5) is 12.7. The summed E-state index contributed by atoms with van der Waals surface area (Å²) in [7, 11) is 0. The van der Waals surface area contributed by atoms with Gasteiger partial charge in [-0.25, -0.2) is 14.4 Å². The number of rotatable bonds is 2. The lowest BCUT2D eigenvalue weighted by Gasteiger charge is -2.13. The molecule has 0 aliphatic rings. The molecule has 0 unspecified atom stereocenters. The summed E-state index contributed by atoms with van der Waals surface area (Å²) in [5, 5.41) is 0. The Balaban J connectivity index is 2.28. The highest BCUT2D eigenvalue weighted by Gasteiger charge is 2.15. The third-order valence-electron chi connectivity index (χ3n) is 3.50. The Kier molecular flexibility index (Phi) is 3.55. The van der Waals surface area contributed by atoms with E-state index in [1.165, 1.54) is 6.07 Å². The first-order valence-corrected chi connectivity index (χ1v) is 6.87. The molecule has 3 aromatic rings. The molecule has 2 heterocycles. The fourth-order valence-electron chi connectivity index (χ4n) is 2.40. The molecule has 110 valence electrons. The molecular weight excluding hydrogens is 279 g/mol. The summed E-state index contributed by atoms with van der Waals surface area (Å²) in [5.74, 6) is -0.106. The Morgan fingerprint density at radius 2 is 1.86 bits per heavy atom. The zero-order valence-corrected chi connectivity index (χ0v) is 12.3. The zero-order chi connectivity index (χ0) is 15.7. The maximum Gasteiger partial charge on any atom is 0.220 e. The first-order valence-electron chi connectivity index (χ1n) is 6.87. The van der Waals surface area contributed by atoms with Crippen molar-refractivity contribution in [1.82, 2.24) is 15.0 Å². The van der Waals surface area contributed by atoms with Crippen LogP contribution in [0.3, 0.4) is 0 Å². The Morgan fingerprint density at radius 3 is 2.55 bits per heavy atom. The lowest BCUT2D eigenvalue weighted by Crippen LogP contribution is -2.02. The fourth-order valence-corrected chi connectivity index (χ4v) is 2.40. The van der Waals surface area contributed by atoms with Gasteiger partial charge in [-0.3, -0.25) is 4.98 Å². The number of benzene rings is 1. The van der Waals surface area contributed by atoms with Gasteiger partial charge in [0.25, 0.3) is 0 Å². The third kappa shape index (κ3) is 2.53. The van der Waals surface area contributed by atoms with E-state index < -0.39 is 0 Å². The van der Waals surface area contributed by atoms with Gasteiger partial charge in [-0.2, -0.15) is 0 Å². The van der Waals surface area contributed by atoms with Crippen LogP contribution in [0.1, 0.15) is 11.3 Å². The van der Waals surface area contributed by atoms with E-state index >= 15 is 0 Å². The third-order valence-corrected chi connectivity index (χ3v) is 3.50. The van der Waals surface area contributed by atoms with Crippen LogP contribution >= 0.6 is 0 Å². The molecule has 0 atom stereocenters. The van der Waals surface area contributed by atoms with Gasteiger partial charge in [0.15, 0.2) is 0 Å². The van der Waals surface area contributed by atoms with Crippen molar-refractivity contribution in [2.75, 3.05) is 5.73 Å². The van der Waals surface area contributed by atoms with Crippen LogP contribution in [-0.2, 0) is 0 Å². The molecule has 3 rings (SSSR count). The minimum Gasteiger partial charge on any atom is -0.368 e. The van der Waals surface area contributed by atoms with Crippen molar-refractivity contribution in [2.24, 2.45) is 0 Å². The van der Waals surface area contributed by atoms with Crippen molar-refractivity contribution < 1.29 is 4.39 Å². The Morgan fingerprint density at radius 1 is 1.05 bits per heavy atom. The van der Waals surface area contributed by atoms with Crippen molar-refractivity contribution in [1.29, 1.82) is 0 Å². The number of nitrogens with zero attached hydrogens (tertiary/aromatic N) is 3. The normalized spacial score (nSPS) is 10.7. The maximum atomic E-state index is 13.9. The van der Waals surface area contributed by atoms with E-state index in [1.807, 2.05) is 25.1 Å². The molecule has 0 bridgehead atoms. The van der Waals surface area contributed by atoms with Gasteiger partial charge in [0.2, 0.25) is 5.95 Å². The van der Waals surface area contributed by atoms with Crippen LogP contribution in [0.25, 0.3) is 22.4 Å². The van der Waals surface area contributed by atoms with Crippen LogP contribution in [0.5, 0.6) is 0 Å². The minimum atomic E-state index is -0.274. The van der Waals surface area contributed by atoms with Crippen LogP contribution < -0.4 is 5.73 Å². The predicted octanol–water partition coefficient (Wildman–Crippen LogP) is 3.54. The lowest BCUT2D eigenvalue weighted by molar-refractivity contribution is 0.619. The Labute approximate surface area is 127 Å². The standard InChI is InChI=1S/C17H15FN4/c1-10-5-6-12(8-14(10)18)16-15(11(2)21-17(19)22-16)13-4-3-7-20-9-13/h3-9H,1-2H3,(H2,19,21,22). The van der Waals surface area contributed by atoms with E-state index in [9.17, 15) is 4.39 Å². The average Bonchev–Trinajstić information content (AvgIpc) is 2.50. The second kappa shape index (κ2) is 5.52. The molecular formula is C17H15FN4. The summed E-state index contributed by atoms with van der Waals surface area (Å²) in [6.07, 6.45) is 3.43. The van der Waals surface area contributed by atoms with Crippen LogP contribution in [0.15, 0.2) is 42.7 Å². The van der Waals surface area contributed by atoms with Gasteiger partial charge >= 0.3 is 0 Å². The number of aryl methyl sites for hydroxylation is 2. The lowest BCUT2D eigenvalue weighted by atomic mass is 9.98. The second-order valence-corrected chi connectivity index (χ2v) is 5.10. The average molecular weight is 294 g/mol. The van der Waals surface area contributed by atoms with Crippen molar-refractivity contribution in [3.8, 4) is 22.4 Å². The number of aromatic nitrogens is 3. The summed E-state index contributed by atoms with van der Waals surface area (Å²) >= 11 is 0. The monoisotopic (exact) mass is 294 g/mol. The van der Waals surface area contributed by atoms with Crippen LogP contribution in [-0.4, -0.2) is 15.0 Å². The second-order valence-electron chi connectivity index (χ2n) is 5.10. The molecule has 0 aliphatic heterocycles. The number of pyridine rings is 1. The highest BCUT2D eigenvalue weighted by molar-refractivity contribution is 5.82. The molecule has 0 amide bonds. The van der Waals surface area contributed by atoms with Crippen LogP contribution in [0.4, 0.5) is 10.3 Å². The number of hydrogen-bond donors (Lipinski definition) is 1. The van der Waals surface area contributed by atoms with Gasteiger partial charge in [-0.05, 0) is 31.5 Å².